The second kappa shape index (κ2) is 6.12. The zero-order chi connectivity index (χ0) is 12.1. The van der Waals surface area contributed by atoms with Crippen molar-refractivity contribution in [3.63, 3.8) is 0 Å². The van der Waals surface area contributed by atoms with Crippen LogP contribution in [0.3, 0.4) is 0 Å². The maximum absolute atomic E-state index is 12.8. The van der Waals surface area contributed by atoms with Gasteiger partial charge in [-0.1, -0.05) is 12.1 Å². The fourth-order valence-electron chi connectivity index (χ4n) is 2.30. The summed E-state index contributed by atoms with van der Waals surface area (Å²) in [6.07, 6.45) is 2.51. The van der Waals surface area contributed by atoms with E-state index in [0.29, 0.717) is 6.04 Å². The van der Waals surface area contributed by atoms with Crippen LogP contribution in [0.5, 0.6) is 0 Å². The summed E-state index contributed by atoms with van der Waals surface area (Å²) in [5.74, 6) is 0.610. The van der Waals surface area contributed by atoms with Gasteiger partial charge in [-0.15, -0.1) is 0 Å². The summed E-state index contributed by atoms with van der Waals surface area (Å²) in [6.45, 7) is 5.46. The number of rotatable bonds is 4. The first-order chi connectivity index (χ1) is 8.25. The second-order valence-electron chi connectivity index (χ2n) is 4.87. The lowest BCUT2D eigenvalue weighted by molar-refractivity contribution is 0.345. The molecule has 0 aliphatic carbocycles. The molecule has 3 heteroatoms. The first-order valence-electron chi connectivity index (χ1n) is 6.45. The number of nitrogens with one attached hydrogen (secondary N) is 2. The molecule has 2 nitrogen and oxygen atoms in total. The van der Waals surface area contributed by atoms with Crippen molar-refractivity contribution in [3.05, 3.63) is 35.6 Å². The zero-order valence-corrected chi connectivity index (χ0v) is 10.4. The highest BCUT2D eigenvalue weighted by molar-refractivity contribution is 5.19. The van der Waals surface area contributed by atoms with Gasteiger partial charge >= 0.3 is 0 Å². The molecule has 1 fully saturated rings. The lowest BCUT2D eigenvalue weighted by atomic mass is 9.97. The highest BCUT2D eigenvalue weighted by Crippen LogP contribution is 2.15. The van der Waals surface area contributed by atoms with E-state index in [1.54, 1.807) is 0 Å². The molecule has 0 spiro atoms. The monoisotopic (exact) mass is 236 g/mol. The van der Waals surface area contributed by atoms with Gasteiger partial charge in [0.05, 0.1) is 0 Å². The van der Waals surface area contributed by atoms with Crippen LogP contribution in [0.4, 0.5) is 4.39 Å². The molecule has 1 heterocycles. The van der Waals surface area contributed by atoms with Crippen molar-refractivity contribution >= 4 is 0 Å². The fourth-order valence-corrected chi connectivity index (χ4v) is 2.30. The molecule has 1 aromatic carbocycles. The Morgan fingerprint density at radius 2 is 1.94 bits per heavy atom. The average molecular weight is 236 g/mol. The Bertz CT molecular complexity index is 331. The summed E-state index contributed by atoms with van der Waals surface area (Å²) in [7, 11) is 0. The van der Waals surface area contributed by atoms with Gasteiger partial charge in [-0.3, -0.25) is 0 Å². The molecule has 0 radical (unpaired) electrons. The Hall–Kier alpha value is -0.930. The third kappa shape index (κ3) is 3.79. The Kier molecular flexibility index (Phi) is 4.51. The van der Waals surface area contributed by atoms with E-state index in [2.05, 4.69) is 17.6 Å². The molecule has 17 heavy (non-hydrogen) atoms. The van der Waals surface area contributed by atoms with Gasteiger partial charge in [0.25, 0.3) is 0 Å². The van der Waals surface area contributed by atoms with E-state index in [-0.39, 0.29) is 5.82 Å². The molecule has 1 atom stereocenters. The van der Waals surface area contributed by atoms with Gasteiger partial charge in [0.15, 0.2) is 0 Å². The normalized spacial score (nSPS) is 19.2. The summed E-state index contributed by atoms with van der Waals surface area (Å²) in [6, 6.07) is 7.06. The quantitative estimate of drug-likeness (QED) is 0.839. The predicted molar refractivity (Wildman–Crippen MR) is 68.4 cm³/mol. The van der Waals surface area contributed by atoms with Crippen molar-refractivity contribution in [2.45, 2.75) is 25.8 Å². The van der Waals surface area contributed by atoms with Crippen LogP contribution >= 0.6 is 0 Å². The van der Waals surface area contributed by atoms with E-state index in [1.807, 2.05) is 12.1 Å². The SMILES string of the molecule is C[C@H](NCC1CCNCC1)c1ccc(F)cc1. The largest absolute Gasteiger partial charge is 0.317 e. The minimum atomic E-state index is -0.167. The second-order valence-corrected chi connectivity index (χ2v) is 4.87. The lowest BCUT2D eigenvalue weighted by Gasteiger charge is -2.25. The molecule has 2 rings (SSSR count). The summed E-state index contributed by atoms with van der Waals surface area (Å²) in [5.41, 5.74) is 1.15. The van der Waals surface area contributed by atoms with Crippen LogP contribution in [0.2, 0.25) is 0 Å². The summed E-state index contributed by atoms with van der Waals surface area (Å²) in [4.78, 5) is 0. The molecule has 1 aromatic rings. The van der Waals surface area contributed by atoms with Gasteiger partial charge in [0.2, 0.25) is 0 Å². The van der Waals surface area contributed by atoms with Crippen LogP contribution in [0.25, 0.3) is 0 Å². The summed E-state index contributed by atoms with van der Waals surface area (Å²) >= 11 is 0. The van der Waals surface area contributed by atoms with Crippen LogP contribution in [0, 0.1) is 11.7 Å². The van der Waals surface area contributed by atoms with Crippen LogP contribution in [0.1, 0.15) is 31.4 Å². The van der Waals surface area contributed by atoms with Crippen LogP contribution in [-0.2, 0) is 0 Å². The summed E-state index contributed by atoms with van der Waals surface area (Å²) in [5, 5.41) is 6.91. The minimum Gasteiger partial charge on any atom is -0.317 e. The van der Waals surface area contributed by atoms with Crippen LogP contribution in [0.15, 0.2) is 24.3 Å². The zero-order valence-electron chi connectivity index (χ0n) is 10.4. The lowest BCUT2D eigenvalue weighted by Crippen LogP contribution is -2.34. The van der Waals surface area contributed by atoms with Crippen LogP contribution in [-0.4, -0.2) is 19.6 Å². The fraction of sp³-hybridized carbons (Fsp3) is 0.571. The van der Waals surface area contributed by atoms with Gasteiger partial charge < -0.3 is 10.6 Å². The molecule has 0 bridgehead atoms. The van der Waals surface area contributed by atoms with Gasteiger partial charge in [-0.2, -0.15) is 0 Å². The van der Waals surface area contributed by atoms with Crippen molar-refractivity contribution in [1.82, 2.24) is 10.6 Å². The number of hydrogen-bond donors (Lipinski definition) is 2. The van der Waals surface area contributed by atoms with E-state index < -0.39 is 0 Å². The summed E-state index contributed by atoms with van der Waals surface area (Å²) < 4.78 is 12.8. The Labute approximate surface area is 103 Å². The van der Waals surface area contributed by atoms with Gasteiger partial charge in [0, 0.05) is 6.04 Å². The van der Waals surface area contributed by atoms with Crippen molar-refractivity contribution < 1.29 is 4.39 Å². The Morgan fingerprint density at radius 1 is 1.29 bits per heavy atom. The van der Waals surface area contributed by atoms with E-state index in [4.69, 9.17) is 0 Å². The van der Waals surface area contributed by atoms with E-state index >= 15 is 0 Å². The number of piperidine rings is 1. The third-order valence-corrected chi connectivity index (χ3v) is 3.54. The third-order valence-electron chi connectivity index (χ3n) is 3.54. The Morgan fingerprint density at radius 3 is 2.59 bits per heavy atom. The molecule has 1 aliphatic rings. The molecule has 1 aliphatic heterocycles. The van der Waals surface area contributed by atoms with Crippen LogP contribution < -0.4 is 10.6 Å². The number of hydrogen-bond acceptors (Lipinski definition) is 2. The van der Waals surface area contributed by atoms with E-state index in [9.17, 15) is 4.39 Å². The highest BCUT2D eigenvalue weighted by atomic mass is 19.1. The topological polar surface area (TPSA) is 24.1 Å². The average Bonchev–Trinajstić information content (AvgIpc) is 2.38. The molecule has 0 unspecified atom stereocenters. The maximum atomic E-state index is 12.8. The predicted octanol–water partition coefficient (Wildman–Crippen LogP) is 2.48. The smallest absolute Gasteiger partial charge is 0.123 e. The molecule has 0 saturated carbocycles. The van der Waals surface area contributed by atoms with Crippen molar-refractivity contribution in [2.24, 2.45) is 5.92 Å². The highest BCUT2D eigenvalue weighted by Gasteiger charge is 2.14. The molecule has 1 saturated heterocycles. The number of benzene rings is 1. The first-order valence-corrected chi connectivity index (χ1v) is 6.45. The molecule has 2 N–H and O–H groups in total. The molecule has 94 valence electrons. The molecular formula is C14H21FN2. The first kappa shape index (κ1) is 12.5. The molecular weight excluding hydrogens is 215 g/mol. The van der Waals surface area contributed by atoms with Gasteiger partial charge in [-0.25, -0.2) is 4.39 Å². The van der Waals surface area contributed by atoms with E-state index in [0.717, 1.165) is 31.1 Å². The maximum Gasteiger partial charge on any atom is 0.123 e. The molecule has 0 amide bonds. The minimum absolute atomic E-state index is 0.167. The van der Waals surface area contributed by atoms with Crippen molar-refractivity contribution in [2.75, 3.05) is 19.6 Å². The number of halogens is 1. The Balaban J connectivity index is 1.80. The van der Waals surface area contributed by atoms with Crippen molar-refractivity contribution in [3.8, 4) is 0 Å². The van der Waals surface area contributed by atoms with E-state index in [1.165, 1.54) is 25.0 Å². The van der Waals surface area contributed by atoms with Crippen molar-refractivity contribution in [1.29, 1.82) is 0 Å². The standard InChI is InChI=1S/C14H21FN2/c1-11(13-2-4-14(15)5-3-13)17-10-12-6-8-16-9-7-12/h2-5,11-12,16-17H,6-10H2,1H3/t11-/m0/s1. The van der Waals surface area contributed by atoms with Gasteiger partial charge in [-0.05, 0) is 63.0 Å². The van der Waals surface area contributed by atoms with Gasteiger partial charge in [0.1, 0.15) is 5.82 Å². The molecule has 0 aromatic heterocycles.